The lowest BCUT2D eigenvalue weighted by molar-refractivity contribution is -0.694. The average Bonchev–Trinajstić information content (AvgIpc) is 2.97. The van der Waals surface area contributed by atoms with Gasteiger partial charge >= 0.3 is 0 Å². The summed E-state index contributed by atoms with van der Waals surface area (Å²) in [6.45, 7) is 6.65. The van der Waals surface area contributed by atoms with Crippen LogP contribution in [0.2, 0.25) is 0 Å². The molecule has 26 heavy (non-hydrogen) atoms. The molecular formula is C23H37FN2. The third-order valence-corrected chi connectivity index (χ3v) is 5.21. The van der Waals surface area contributed by atoms with Crippen molar-refractivity contribution in [3.8, 4) is 0 Å². The number of hydrogen-bond donors (Lipinski definition) is 0. The van der Waals surface area contributed by atoms with Gasteiger partial charge < -0.3 is 4.70 Å². The van der Waals surface area contributed by atoms with Crippen LogP contribution in [0.4, 0.5) is 0 Å². The molecule has 0 atom stereocenters. The van der Waals surface area contributed by atoms with Crippen molar-refractivity contribution in [2.24, 2.45) is 0 Å². The molecule has 2 rings (SSSR count). The number of hydrogen-bond acceptors (Lipinski definition) is 0. The fraction of sp³-hybridized carbons (Fsp3) is 0.609. The normalized spacial score (nSPS) is 10.7. The third kappa shape index (κ3) is 8.16. The molecule has 0 amide bonds. The minimum atomic E-state index is 0. The molecule has 0 spiro atoms. The van der Waals surface area contributed by atoms with Crippen LogP contribution in [0.1, 0.15) is 82.5 Å². The molecule has 0 fully saturated rings. The van der Waals surface area contributed by atoms with E-state index in [0.717, 1.165) is 13.1 Å². The SMILES string of the molecule is CCCCCCCCCCCCn1cc[n+](Cc2ccccc2)c1C.[F-]. The van der Waals surface area contributed by atoms with Gasteiger partial charge in [-0.2, -0.15) is 0 Å². The van der Waals surface area contributed by atoms with Gasteiger partial charge in [0.05, 0.1) is 6.54 Å². The standard InChI is InChI=1S/C23H37N2.FH/c1-3-4-5-6-7-8-9-10-11-15-18-24-19-20-25(22(24)2)21-23-16-13-12-14-17-23;/h12-14,16-17,19-20H,3-11,15,18,21H2,1-2H3;1H/q+1;/p-1. The van der Waals surface area contributed by atoms with Gasteiger partial charge in [0.25, 0.3) is 5.82 Å². The van der Waals surface area contributed by atoms with Gasteiger partial charge in [0, 0.05) is 6.92 Å². The molecular weight excluding hydrogens is 323 g/mol. The summed E-state index contributed by atoms with van der Waals surface area (Å²) < 4.78 is 4.76. The second-order valence-electron chi connectivity index (χ2n) is 7.33. The van der Waals surface area contributed by atoms with E-state index < -0.39 is 0 Å². The van der Waals surface area contributed by atoms with Crippen LogP contribution in [0.15, 0.2) is 42.7 Å². The maximum atomic E-state index is 2.41. The van der Waals surface area contributed by atoms with Crippen LogP contribution in [0.3, 0.4) is 0 Å². The van der Waals surface area contributed by atoms with Crippen LogP contribution in [0.5, 0.6) is 0 Å². The summed E-state index contributed by atoms with van der Waals surface area (Å²) in [5.74, 6) is 1.36. The molecule has 0 bridgehead atoms. The molecule has 0 saturated carbocycles. The zero-order chi connectivity index (χ0) is 17.7. The van der Waals surface area contributed by atoms with E-state index in [4.69, 9.17) is 0 Å². The van der Waals surface area contributed by atoms with Crippen LogP contribution >= 0.6 is 0 Å². The summed E-state index contributed by atoms with van der Waals surface area (Å²) in [6, 6.07) is 10.7. The third-order valence-electron chi connectivity index (χ3n) is 5.21. The number of benzene rings is 1. The summed E-state index contributed by atoms with van der Waals surface area (Å²) in [4.78, 5) is 0. The Morgan fingerprint density at radius 3 is 2.00 bits per heavy atom. The van der Waals surface area contributed by atoms with Crippen molar-refractivity contribution in [1.29, 1.82) is 0 Å². The molecule has 2 nitrogen and oxygen atoms in total. The van der Waals surface area contributed by atoms with E-state index in [-0.39, 0.29) is 4.70 Å². The molecule has 0 unspecified atom stereocenters. The number of unbranched alkanes of at least 4 members (excludes halogenated alkanes) is 9. The van der Waals surface area contributed by atoms with E-state index >= 15 is 0 Å². The smallest absolute Gasteiger partial charge is 0.253 e. The topological polar surface area (TPSA) is 8.81 Å². The molecule has 1 aromatic heterocycles. The quantitative estimate of drug-likeness (QED) is 0.383. The monoisotopic (exact) mass is 360 g/mol. The fourth-order valence-electron chi connectivity index (χ4n) is 3.49. The van der Waals surface area contributed by atoms with Gasteiger partial charge in [-0.3, -0.25) is 0 Å². The Kier molecular flexibility index (Phi) is 11.7. The Morgan fingerprint density at radius 2 is 1.38 bits per heavy atom. The van der Waals surface area contributed by atoms with E-state index in [9.17, 15) is 0 Å². The summed E-state index contributed by atoms with van der Waals surface area (Å²) >= 11 is 0. The van der Waals surface area contributed by atoms with Crippen molar-refractivity contribution >= 4 is 0 Å². The molecule has 0 radical (unpaired) electrons. The molecule has 146 valence electrons. The molecule has 0 aliphatic rings. The highest BCUT2D eigenvalue weighted by molar-refractivity contribution is 5.13. The van der Waals surface area contributed by atoms with Crippen LogP contribution in [0, 0.1) is 6.92 Å². The first-order valence-corrected chi connectivity index (χ1v) is 10.4. The first-order chi connectivity index (χ1) is 12.3. The van der Waals surface area contributed by atoms with Crippen molar-refractivity contribution in [1.82, 2.24) is 4.57 Å². The molecule has 3 heteroatoms. The Bertz CT molecular complexity index is 577. The average molecular weight is 361 g/mol. The number of halogens is 1. The van der Waals surface area contributed by atoms with Crippen LogP contribution < -0.4 is 9.27 Å². The highest BCUT2D eigenvalue weighted by atomic mass is 19.0. The molecule has 2 aromatic rings. The predicted octanol–water partition coefficient (Wildman–Crippen LogP) is 3.06. The minimum Gasteiger partial charge on any atom is -1.00 e. The Balaban J connectivity index is 0.00000338. The van der Waals surface area contributed by atoms with Gasteiger partial charge in [0.1, 0.15) is 18.9 Å². The van der Waals surface area contributed by atoms with Gasteiger partial charge in [-0.15, -0.1) is 0 Å². The van der Waals surface area contributed by atoms with Crippen molar-refractivity contribution in [2.45, 2.75) is 91.1 Å². The Morgan fingerprint density at radius 1 is 0.808 bits per heavy atom. The van der Waals surface area contributed by atoms with Crippen LogP contribution in [-0.2, 0) is 13.1 Å². The van der Waals surface area contributed by atoms with E-state index in [1.54, 1.807) is 0 Å². The highest BCUT2D eigenvalue weighted by Gasteiger charge is 2.11. The maximum Gasteiger partial charge on any atom is 0.253 e. The number of aromatic nitrogens is 2. The number of rotatable bonds is 13. The molecule has 1 heterocycles. The Hall–Kier alpha value is -1.64. The maximum absolute atomic E-state index is 2.41. The molecule has 0 N–H and O–H groups in total. The second kappa shape index (κ2) is 13.5. The second-order valence-corrected chi connectivity index (χ2v) is 7.33. The van der Waals surface area contributed by atoms with E-state index in [1.165, 1.54) is 75.6 Å². The minimum absolute atomic E-state index is 0. The highest BCUT2D eigenvalue weighted by Crippen LogP contribution is 2.11. The van der Waals surface area contributed by atoms with Gasteiger partial charge in [-0.1, -0.05) is 88.6 Å². The lowest BCUT2D eigenvalue weighted by atomic mass is 10.1. The zero-order valence-corrected chi connectivity index (χ0v) is 16.8. The molecule has 1 aromatic carbocycles. The summed E-state index contributed by atoms with van der Waals surface area (Å²) in [6.07, 6.45) is 18.5. The largest absolute Gasteiger partial charge is 1.00 e. The van der Waals surface area contributed by atoms with Gasteiger partial charge in [0.15, 0.2) is 0 Å². The zero-order valence-electron chi connectivity index (χ0n) is 16.8. The summed E-state index contributed by atoms with van der Waals surface area (Å²) in [7, 11) is 0. The lowest BCUT2D eigenvalue weighted by Crippen LogP contribution is -3.00. The van der Waals surface area contributed by atoms with E-state index in [1.807, 2.05) is 0 Å². The van der Waals surface area contributed by atoms with Crippen molar-refractivity contribution in [3.05, 3.63) is 54.1 Å². The molecule has 0 saturated heterocycles. The van der Waals surface area contributed by atoms with Crippen molar-refractivity contribution in [3.63, 3.8) is 0 Å². The van der Waals surface area contributed by atoms with Crippen molar-refractivity contribution < 1.29 is 9.27 Å². The van der Waals surface area contributed by atoms with E-state index in [2.05, 4.69) is 65.7 Å². The van der Waals surface area contributed by atoms with Crippen LogP contribution in [0.25, 0.3) is 0 Å². The first kappa shape index (κ1) is 22.4. The van der Waals surface area contributed by atoms with Gasteiger partial charge in [-0.25, -0.2) is 9.13 Å². The molecule has 0 aliphatic heterocycles. The first-order valence-electron chi connectivity index (χ1n) is 10.4. The van der Waals surface area contributed by atoms with Gasteiger partial charge in [0.2, 0.25) is 0 Å². The fourth-order valence-corrected chi connectivity index (χ4v) is 3.49. The molecule has 0 aliphatic carbocycles. The van der Waals surface area contributed by atoms with Gasteiger partial charge in [-0.05, 0) is 18.4 Å². The lowest BCUT2D eigenvalue weighted by Gasteiger charge is -2.03. The van der Waals surface area contributed by atoms with E-state index in [0.29, 0.717) is 0 Å². The van der Waals surface area contributed by atoms with Crippen LogP contribution in [-0.4, -0.2) is 4.57 Å². The number of imidazole rings is 1. The van der Waals surface area contributed by atoms with Crippen molar-refractivity contribution in [2.75, 3.05) is 0 Å². The predicted molar refractivity (Wildman–Crippen MR) is 107 cm³/mol. The summed E-state index contributed by atoms with van der Waals surface area (Å²) in [5.41, 5.74) is 1.37. The Labute approximate surface area is 159 Å². The number of nitrogens with zero attached hydrogens (tertiary/aromatic N) is 2. The number of aryl methyl sites for hydroxylation is 1. The summed E-state index contributed by atoms with van der Waals surface area (Å²) in [5, 5.41) is 0.